The zero-order valence-electron chi connectivity index (χ0n) is 12.6. The van der Waals surface area contributed by atoms with Crippen molar-refractivity contribution in [3.8, 4) is 0 Å². The van der Waals surface area contributed by atoms with Crippen LogP contribution in [0, 0.1) is 17.8 Å². The zero-order valence-corrected chi connectivity index (χ0v) is 12.6. The van der Waals surface area contributed by atoms with Crippen LogP contribution in [-0.2, 0) is 4.74 Å². The Morgan fingerprint density at radius 2 is 1.72 bits per heavy atom. The van der Waals surface area contributed by atoms with Gasteiger partial charge in [-0.1, -0.05) is 33.6 Å². The zero-order chi connectivity index (χ0) is 13.1. The summed E-state index contributed by atoms with van der Waals surface area (Å²) >= 11 is 0. The molecule has 0 aromatic heterocycles. The molecule has 2 heteroatoms. The standard InChI is InChI=1S/C16H31NO/c1-11-6-5-7-14(9-11)18-16-13(3)8-12(2)10-15(16)17-4/h11-17H,5-10H2,1-4H3. The van der Waals surface area contributed by atoms with Gasteiger partial charge in [0.25, 0.3) is 0 Å². The smallest absolute Gasteiger partial charge is 0.0757 e. The van der Waals surface area contributed by atoms with E-state index in [1.807, 2.05) is 0 Å². The first-order valence-corrected chi connectivity index (χ1v) is 7.92. The van der Waals surface area contributed by atoms with Gasteiger partial charge in [0.05, 0.1) is 12.2 Å². The largest absolute Gasteiger partial charge is 0.373 e. The van der Waals surface area contributed by atoms with E-state index in [0.29, 0.717) is 24.2 Å². The molecule has 0 aliphatic heterocycles. The molecule has 0 spiro atoms. The van der Waals surface area contributed by atoms with Gasteiger partial charge in [0.2, 0.25) is 0 Å². The van der Waals surface area contributed by atoms with Crippen molar-refractivity contribution in [2.45, 2.75) is 77.5 Å². The molecular formula is C16H31NO. The lowest BCUT2D eigenvalue weighted by atomic mass is 9.77. The fraction of sp³-hybridized carbons (Fsp3) is 1.00. The van der Waals surface area contributed by atoms with Crippen molar-refractivity contribution in [2.24, 2.45) is 17.8 Å². The summed E-state index contributed by atoms with van der Waals surface area (Å²) in [6.45, 7) is 7.12. The molecule has 0 aromatic carbocycles. The Bertz CT molecular complexity index is 255. The molecule has 18 heavy (non-hydrogen) atoms. The SMILES string of the molecule is CNC1CC(C)CC(C)C1OC1CCCC(C)C1. The van der Waals surface area contributed by atoms with Gasteiger partial charge in [-0.3, -0.25) is 0 Å². The van der Waals surface area contributed by atoms with Crippen molar-refractivity contribution in [1.29, 1.82) is 0 Å². The van der Waals surface area contributed by atoms with E-state index in [2.05, 4.69) is 33.1 Å². The lowest BCUT2D eigenvalue weighted by molar-refractivity contribution is -0.0946. The lowest BCUT2D eigenvalue weighted by Crippen LogP contribution is -2.49. The quantitative estimate of drug-likeness (QED) is 0.829. The third-order valence-electron chi connectivity index (χ3n) is 5.00. The van der Waals surface area contributed by atoms with Crippen molar-refractivity contribution >= 4 is 0 Å². The first-order valence-electron chi connectivity index (χ1n) is 7.92. The topological polar surface area (TPSA) is 21.3 Å². The highest BCUT2D eigenvalue weighted by Gasteiger charge is 2.36. The molecule has 0 aromatic rings. The second kappa shape index (κ2) is 6.38. The van der Waals surface area contributed by atoms with E-state index in [4.69, 9.17) is 4.74 Å². The Labute approximate surface area is 113 Å². The Morgan fingerprint density at radius 3 is 2.39 bits per heavy atom. The Kier molecular flexibility index (Phi) is 5.08. The van der Waals surface area contributed by atoms with Gasteiger partial charge in [-0.25, -0.2) is 0 Å². The molecular weight excluding hydrogens is 222 g/mol. The molecule has 2 saturated carbocycles. The van der Waals surface area contributed by atoms with Crippen LogP contribution in [0.1, 0.15) is 59.3 Å². The molecule has 6 unspecified atom stereocenters. The molecule has 0 radical (unpaired) electrons. The average Bonchev–Trinajstić information content (AvgIpc) is 2.32. The van der Waals surface area contributed by atoms with Gasteiger partial charge in [0, 0.05) is 6.04 Å². The maximum absolute atomic E-state index is 6.50. The van der Waals surface area contributed by atoms with E-state index in [0.717, 1.165) is 11.8 Å². The van der Waals surface area contributed by atoms with Crippen LogP contribution in [0.2, 0.25) is 0 Å². The van der Waals surface area contributed by atoms with Crippen LogP contribution in [0.4, 0.5) is 0 Å². The van der Waals surface area contributed by atoms with Crippen LogP contribution in [-0.4, -0.2) is 25.3 Å². The molecule has 6 atom stereocenters. The summed E-state index contributed by atoms with van der Waals surface area (Å²) in [5, 5.41) is 3.49. The minimum atomic E-state index is 0.432. The average molecular weight is 253 g/mol. The molecule has 0 bridgehead atoms. The Balaban J connectivity index is 1.92. The van der Waals surface area contributed by atoms with Crippen LogP contribution in [0.5, 0.6) is 0 Å². The molecule has 0 saturated heterocycles. The number of likely N-dealkylation sites (N-methyl/N-ethyl adjacent to an activating group) is 1. The second-order valence-electron chi connectivity index (χ2n) is 6.94. The first kappa shape index (κ1) is 14.3. The third-order valence-corrected chi connectivity index (χ3v) is 5.00. The van der Waals surface area contributed by atoms with Crippen molar-refractivity contribution in [1.82, 2.24) is 5.32 Å². The van der Waals surface area contributed by atoms with Gasteiger partial charge in [0.1, 0.15) is 0 Å². The van der Waals surface area contributed by atoms with Gasteiger partial charge < -0.3 is 10.1 Å². The summed E-state index contributed by atoms with van der Waals surface area (Å²) < 4.78 is 6.50. The summed E-state index contributed by atoms with van der Waals surface area (Å²) in [6, 6.07) is 0.556. The fourth-order valence-corrected chi connectivity index (χ4v) is 4.06. The fourth-order valence-electron chi connectivity index (χ4n) is 4.06. The summed E-state index contributed by atoms with van der Waals surface area (Å²) in [5.41, 5.74) is 0. The Morgan fingerprint density at radius 1 is 0.944 bits per heavy atom. The normalized spacial score (nSPS) is 46.0. The van der Waals surface area contributed by atoms with Crippen molar-refractivity contribution in [2.75, 3.05) is 7.05 Å². The number of hydrogen-bond acceptors (Lipinski definition) is 2. The summed E-state index contributed by atoms with van der Waals surface area (Å²) in [4.78, 5) is 0. The number of ether oxygens (including phenoxy) is 1. The molecule has 2 fully saturated rings. The van der Waals surface area contributed by atoms with E-state index in [1.54, 1.807) is 0 Å². The number of rotatable bonds is 3. The maximum Gasteiger partial charge on any atom is 0.0757 e. The van der Waals surface area contributed by atoms with Crippen LogP contribution >= 0.6 is 0 Å². The summed E-state index contributed by atoms with van der Waals surface area (Å²) in [7, 11) is 2.09. The van der Waals surface area contributed by atoms with E-state index >= 15 is 0 Å². The van der Waals surface area contributed by atoms with Crippen LogP contribution in [0.3, 0.4) is 0 Å². The molecule has 2 aliphatic carbocycles. The monoisotopic (exact) mass is 253 g/mol. The van der Waals surface area contributed by atoms with Gasteiger partial charge >= 0.3 is 0 Å². The van der Waals surface area contributed by atoms with Crippen LogP contribution in [0.25, 0.3) is 0 Å². The van der Waals surface area contributed by atoms with E-state index < -0.39 is 0 Å². The molecule has 1 N–H and O–H groups in total. The predicted octanol–water partition coefficient (Wildman–Crippen LogP) is 3.60. The molecule has 106 valence electrons. The summed E-state index contributed by atoms with van der Waals surface area (Å²) in [6.07, 6.45) is 8.85. The van der Waals surface area contributed by atoms with Gasteiger partial charge in [-0.15, -0.1) is 0 Å². The second-order valence-corrected chi connectivity index (χ2v) is 6.94. The number of nitrogens with one attached hydrogen (secondary N) is 1. The van der Waals surface area contributed by atoms with Gasteiger partial charge in [-0.2, -0.15) is 0 Å². The minimum Gasteiger partial charge on any atom is -0.373 e. The van der Waals surface area contributed by atoms with Crippen LogP contribution in [0.15, 0.2) is 0 Å². The van der Waals surface area contributed by atoms with Crippen molar-refractivity contribution in [3.05, 3.63) is 0 Å². The minimum absolute atomic E-state index is 0.432. The number of hydrogen-bond donors (Lipinski definition) is 1. The van der Waals surface area contributed by atoms with E-state index in [1.165, 1.54) is 38.5 Å². The maximum atomic E-state index is 6.50. The Hall–Kier alpha value is -0.0800. The van der Waals surface area contributed by atoms with Gasteiger partial charge in [-0.05, 0) is 50.5 Å². The highest BCUT2D eigenvalue weighted by molar-refractivity contribution is 4.89. The molecule has 0 amide bonds. The molecule has 0 heterocycles. The lowest BCUT2D eigenvalue weighted by Gasteiger charge is -2.42. The highest BCUT2D eigenvalue weighted by atomic mass is 16.5. The molecule has 2 nitrogen and oxygen atoms in total. The summed E-state index contributed by atoms with van der Waals surface area (Å²) in [5.74, 6) is 2.39. The molecule has 2 aliphatic rings. The van der Waals surface area contributed by atoms with E-state index in [9.17, 15) is 0 Å². The van der Waals surface area contributed by atoms with Crippen molar-refractivity contribution < 1.29 is 4.74 Å². The van der Waals surface area contributed by atoms with Gasteiger partial charge in [0.15, 0.2) is 0 Å². The first-order chi connectivity index (χ1) is 8.60. The predicted molar refractivity (Wildman–Crippen MR) is 76.7 cm³/mol. The van der Waals surface area contributed by atoms with E-state index in [-0.39, 0.29) is 0 Å². The third kappa shape index (κ3) is 3.48. The molecule has 2 rings (SSSR count). The van der Waals surface area contributed by atoms with Crippen molar-refractivity contribution in [3.63, 3.8) is 0 Å². The van der Waals surface area contributed by atoms with Crippen LogP contribution < -0.4 is 5.32 Å². The highest BCUT2D eigenvalue weighted by Crippen LogP contribution is 2.34.